The largest absolute Gasteiger partial charge is 0.486 e. The van der Waals surface area contributed by atoms with Crippen LogP contribution in [0.1, 0.15) is 24.4 Å². The van der Waals surface area contributed by atoms with Crippen molar-refractivity contribution < 1.29 is 9.53 Å². The lowest BCUT2D eigenvalue weighted by molar-refractivity contribution is -0.119. The lowest BCUT2D eigenvalue weighted by atomic mass is 10.1. The van der Waals surface area contributed by atoms with Crippen molar-refractivity contribution in [2.75, 3.05) is 5.75 Å². The van der Waals surface area contributed by atoms with Gasteiger partial charge in [0.2, 0.25) is 5.91 Å². The number of carbonyl (C=O) groups excluding carboxylic acids is 1. The maximum atomic E-state index is 12.2. The van der Waals surface area contributed by atoms with E-state index in [0.29, 0.717) is 17.6 Å². The molecule has 0 aliphatic carbocycles. The molecular weight excluding hydrogens is 360 g/mol. The molecule has 0 aliphatic heterocycles. The highest BCUT2D eigenvalue weighted by Gasteiger charge is 2.14. The molecule has 0 radical (unpaired) electrons. The van der Waals surface area contributed by atoms with Crippen molar-refractivity contribution in [3.8, 4) is 5.75 Å². The van der Waals surface area contributed by atoms with Crippen LogP contribution in [0.25, 0.3) is 0 Å². The van der Waals surface area contributed by atoms with E-state index in [4.69, 9.17) is 4.74 Å². The molecular formula is C20H22N4O2S. The number of nitrogens with one attached hydrogen (secondary N) is 1. The topological polar surface area (TPSA) is 69.0 Å². The van der Waals surface area contributed by atoms with Crippen molar-refractivity contribution in [3.05, 3.63) is 72.1 Å². The summed E-state index contributed by atoms with van der Waals surface area (Å²) < 4.78 is 7.55. The van der Waals surface area contributed by atoms with Crippen molar-refractivity contribution >= 4 is 17.7 Å². The number of aromatic nitrogens is 3. The monoisotopic (exact) mass is 382 g/mol. The molecule has 0 saturated heterocycles. The van der Waals surface area contributed by atoms with E-state index >= 15 is 0 Å². The Hall–Kier alpha value is -2.80. The molecule has 0 bridgehead atoms. The van der Waals surface area contributed by atoms with E-state index < -0.39 is 0 Å². The van der Waals surface area contributed by atoms with Crippen molar-refractivity contribution in [1.29, 1.82) is 0 Å². The molecule has 140 valence electrons. The zero-order chi connectivity index (χ0) is 19.1. The molecule has 0 aliphatic rings. The minimum Gasteiger partial charge on any atom is -0.486 e. The number of thioether (sulfide) groups is 1. The summed E-state index contributed by atoms with van der Waals surface area (Å²) in [6.45, 7) is 2.30. The minimum atomic E-state index is -0.0403. The fraction of sp³-hybridized carbons (Fsp3) is 0.250. The molecule has 3 aromatic rings. The predicted molar refractivity (Wildman–Crippen MR) is 106 cm³/mol. The van der Waals surface area contributed by atoms with Gasteiger partial charge < -0.3 is 14.6 Å². The van der Waals surface area contributed by atoms with Gasteiger partial charge in [-0.15, -0.1) is 10.2 Å². The Bertz CT molecular complexity index is 868. The number of hydrogen-bond acceptors (Lipinski definition) is 5. The van der Waals surface area contributed by atoms with Crippen LogP contribution in [0.15, 0.2) is 65.8 Å². The number of carbonyl (C=O) groups is 1. The molecule has 2 aromatic carbocycles. The van der Waals surface area contributed by atoms with Gasteiger partial charge in [-0.2, -0.15) is 0 Å². The van der Waals surface area contributed by atoms with Crippen molar-refractivity contribution in [2.45, 2.75) is 24.7 Å². The summed E-state index contributed by atoms with van der Waals surface area (Å²) >= 11 is 1.36. The Labute approximate surface area is 163 Å². The maximum absolute atomic E-state index is 12.2. The van der Waals surface area contributed by atoms with Crippen molar-refractivity contribution in [3.63, 3.8) is 0 Å². The zero-order valence-corrected chi connectivity index (χ0v) is 16.1. The fourth-order valence-corrected chi connectivity index (χ4v) is 3.24. The molecule has 3 rings (SSSR count). The number of rotatable bonds is 8. The van der Waals surface area contributed by atoms with E-state index in [-0.39, 0.29) is 17.7 Å². The lowest BCUT2D eigenvalue weighted by Gasteiger charge is -2.14. The molecule has 1 atom stereocenters. The summed E-state index contributed by atoms with van der Waals surface area (Å²) in [6, 6.07) is 19.4. The van der Waals surface area contributed by atoms with Gasteiger partial charge in [-0.05, 0) is 24.6 Å². The van der Waals surface area contributed by atoms with Crippen LogP contribution in [0.4, 0.5) is 0 Å². The maximum Gasteiger partial charge on any atom is 0.230 e. The van der Waals surface area contributed by atoms with Gasteiger partial charge in [0.1, 0.15) is 12.4 Å². The van der Waals surface area contributed by atoms with Gasteiger partial charge in [-0.25, -0.2) is 0 Å². The first-order valence-electron chi connectivity index (χ1n) is 8.66. The molecule has 27 heavy (non-hydrogen) atoms. The van der Waals surface area contributed by atoms with Crippen LogP contribution in [0.3, 0.4) is 0 Å². The molecule has 7 heteroatoms. The number of amides is 1. The third kappa shape index (κ3) is 5.34. The van der Waals surface area contributed by atoms with Crippen molar-refractivity contribution in [2.24, 2.45) is 7.05 Å². The summed E-state index contributed by atoms with van der Waals surface area (Å²) in [6.07, 6.45) is 0. The van der Waals surface area contributed by atoms with Crippen LogP contribution >= 0.6 is 11.8 Å². The Morgan fingerprint density at radius 3 is 2.48 bits per heavy atom. The highest BCUT2D eigenvalue weighted by atomic mass is 32.2. The molecule has 1 heterocycles. The number of hydrogen-bond donors (Lipinski definition) is 1. The Morgan fingerprint density at radius 2 is 1.78 bits per heavy atom. The molecule has 1 N–H and O–H groups in total. The van der Waals surface area contributed by atoms with Crippen LogP contribution in [-0.2, 0) is 18.4 Å². The first-order valence-corrected chi connectivity index (χ1v) is 9.65. The number of para-hydroxylation sites is 1. The minimum absolute atomic E-state index is 0.0337. The average molecular weight is 382 g/mol. The van der Waals surface area contributed by atoms with Gasteiger partial charge in [0.25, 0.3) is 0 Å². The van der Waals surface area contributed by atoms with E-state index in [9.17, 15) is 4.79 Å². The number of benzene rings is 2. The molecule has 1 amide bonds. The van der Waals surface area contributed by atoms with Gasteiger partial charge >= 0.3 is 0 Å². The molecule has 6 nitrogen and oxygen atoms in total. The Balaban J connectivity index is 1.49. The van der Waals surface area contributed by atoms with E-state index in [1.54, 1.807) is 0 Å². The summed E-state index contributed by atoms with van der Waals surface area (Å²) in [4.78, 5) is 12.2. The first-order chi connectivity index (χ1) is 13.1. The van der Waals surface area contributed by atoms with E-state index in [0.717, 1.165) is 11.3 Å². The van der Waals surface area contributed by atoms with Crippen molar-refractivity contribution in [1.82, 2.24) is 20.1 Å². The van der Waals surface area contributed by atoms with Gasteiger partial charge in [-0.3, -0.25) is 4.79 Å². The van der Waals surface area contributed by atoms with Crippen LogP contribution in [0.5, 0.6) is 5.75 Å². The molecule has 0 fully saturated rings. The molecule has 1 aromatic heterocycles. The summed E-state index contributed by atoms with van der Waals surface area (Å²) in [5, 5.41) is 12.0. The average Bonchev–Trinajstić information content (AvgIpc) is 3.06. The third-order valence-corrected chi connectivity index (χ3v) is 5.07. The first kappa shape index (κ1) is 19.0. The SMILES string of the molecule is C[C@H](NC(=O)CSc1nnc(COc2ccccc2)n1C)c1ccccc1. The number of ether oxygens (including phenoxy) is 1. The van der Waals surface area contributed by atoms with E-state index in [1.807, 2.05) is 79.2 Å². The van der Waals surface area contributed by atoms with E-state index in [2.05, 4.69) is 15.5 Å². The predicted octanol–water partition coefficient (Wildman–Crippen LogP) is 3.36. The molecule has 0 saturated carbocycles. The second-order valence-electron chi connectivity index (χ2n) is 6.05. The van der Waals surface area contributed by atoms with Gasteiger partial charge in [-0.1, -0.05) is 60.3 Å². The number of nitrogens with zero attached hydrogens (tertiary/aromatic N) is 3. The quantitative estimate of drug-likeness (QED) is 0.605. The summed E-state index contributed by atoms with van der Waals surface area (Å²) in [5.74, 6) is 1.73. The third-order valence-electron chi connectivity index (χ3n) is 4.05. The standard InChI is InChI=1S/C20H22N4O2S/c1-15(16-9-5-3-6-10-16)21-19(25)14-27-20-23-22-18(24(20)2)13-26-17-11-7-4-8-12-17/h3-12,15H,13-14H2,1-2H3,(H,21,25)/t15-/m0/s1. The van der Waals surface area contributed by atoms with Crippen LogP contribution < -0.4 is 10.1 Å². The van der Waals surface area contributed by atoms with Crippen LogP contribution in [0, 0.1) is 0 Å². The highest BCUT2D eigenvalue weighted by molar-refractivity contribution is 7.99. The van der Waals surface area contributed by atoms with Gasteiger partial charge in [0, 0.05) is 7.05 Å². The fourth-order valence-electron chi connectivity index (χ4n) is 2.50. The van der Waals surface area contributed by atoms with E-state index in [1.165, 1.54) is 11.8 Å². The van der Waals surface area contributed by atoms with Gasteiger partial charge in [0.05, 0.1) is 11.8 Å². The summed E-state index contributed by atoms with van der Waals surface area (Å²) in [5.41, 5.74) is 1.08. The highest BCUT2D eigenvalue weighted by Crippen LogP contribution is 2.18. The normalized spacial score (nSPS) is 11.8. The summed E-state index contributed by atoms with van der Waals surface area (Å²) in [7, 11) is 1.87. The smallest absolute Gasteiger partial charge is 0.230 e. The van der Waals surface area contributed by atoms with Gasteiger partial charge in [0.15, 0.2) is 11.0 Å². The molecule has 0 spiro atoms. The van der Waals surface area contributed by atoms with Crippen LogP contribution in [0.2, 0.25) is 0 Å². The molecule has 0 unspecified atom stereocenters. The second kappa shape index (κ2) is 9.23. The Kier molecular flexibility index (Phi) is 6.49. The Morgan fingerprint density at radius 1 is 1.11 bits per heavy atom. The second-order valence-corrected chi connectivity index (χ2v) is 6.99. The van der Waals surface area contributed by atoms with Crippen LogP contribution in [-0.4, -0.2) is 26.4 Å². The zero-order valence-electron chi connectivity index (χ0n) is 15.3. The lowest BCUT2D eigenvalue weighted by Crippen LogP contribution is -2.28.